The second-order valence-corrected chi connectivity index (χ2v) is 7.06. The van der Waals surface area contributed by atoms with Crippen LogP contribution in [0, 0.1) is 0 Å². The molecule has 0 atom stereocenters. The van der Waals surface area contributed by atoms with Crippen LogP contribution in [0.5, 0.6) is 5.75 Å². The normalized spacial score (nSPS) is 14.6. The van der Waals surface area contributed by atoms with Crippen molar-refractivity contribution in [1.82, 2.24) is 4.98 Å². The maximum absolute atomic E-state index is 12.1. The Bertz CT molecular complexity index is 745. The standard InChI is InChI=1S/C19H21Cl2N3O2/c20-14-5-7-17(16(21)11-14)26-13-19(25)23-15-6-8-18(22-12-15)24-9-3-1-2-4-10-24/h5-8,11-12H,1-4,9-10,13H2,(H,23,25). The van der Waals surface area contributed by atoms with Gasteiger partial charge < -0.3 is 15.0 Å². The van der Waals surface area contributed by atoms with Gasteiger partial charge in [-0.15, -0.1) is 0 Å². The monoisotopic (exact) mass is 393 g/mol. The Morgan fingerprint density at radius 3 is 2.54 bits per heavy atom. The van der Waals surface area contributed by atoms with Crippen LogP contribution >= 0.6 is 23.2 Å². The average Bonchev–Trinajstić information content (AvgIpc) is 2.91. The second-order valence-electron chi connectivity index (χ2n) is 6.22. The summed E-state index contributed by atoms with van der Waals surface area (Å²) >= 11 is 11.9. The number of pyridine rings is 1. The number of nitrogens with one attached hydrogen (secondary N) is 1. The minimum absolute atomic E-state index is 0.144. The molecule has 1 amide bonds. The van der Waals surface area contributed by atoms with E-state index in [0.717, 1.165) is 18.9 Å². The summed E-state index contributed by atoms with van der Waals surface area (Å²) < 4.78 is 5.43. The fourth-order valence-electron chi connectivity index (χ4n) is 2.88. The van der Waals surface area contributed by atoms with Crippen molar-refractivity contribution in [1.29, 1.82) is 0 Å². The van der Waals surface area contributed by atoms with Gasteiger partial charge in [0.15, 0.2) is 6.61 Å². The third-order valence-electron chi connectivity index (χ3n) is 4.21. The molecule has 26 heavy (non-hydrogen) atoms. The van der Waals surface area contributed by atoms with Crippen molar-refractivity contribution < 1.29 is 9.53 Å². The number of rotatable bonds is 5. The molecule has 1 N–H and O–H groups in total. The maximum atomic E-state index is 12.1. The van der Waals surface area contributed by atoms with Gasteiger partial charge in [0.1, 0.15) is 11.6 Å². The van der Waals surface area contributed by atoms with Gasteiger partial charge in [-0.1, -0.05) is 36.0 Å². The number of hydrogen-bond acceptors (Lipinski definition) is 4. The van der Waals surface area contributed by atoms with Crippen molar-refractivity contribution in [2.45, 2.75) is 25.7 Å². The molecule has 1 aromatic carbocycles. The molecule has 0 aliphatic carbocycles. The van der Waals surface area contributed by atoms with Crippen molar-refractivity contribution in [3.8, 4) is 5.75 Å². The van der Waals surface area contributed by atoms with Crippen LogP contribution in [-0.4, -0.2) is 30.6 Å². The van der Waals surface area contributed by atoms with Crippen molar-refractivity contribution in [2.24, 2.45) is 0 Å². The summed E-state index contributed by atoms with van der Waals surface area (Å²) in [6.07, 6.45) is 6.63. The molecular weight excluding hydrogens is 373 g/mol. The molecule has 2 aromatic rings. The highest BCUT2D eigenvalue weighted by Crippen LogP contribution is 2.27. The third kappa shape index (κ3) is 5.26. The molecule has 1 aliphatic heterocycles. The lowest BCUT2D eigenvalue weighted by Gasteiger charge is -2.21. The fourth-order valence-corrected chi connectivity index (χ4v) is 3.34. The molecule has 0 saturated carbocycles. The molecular formula is C19H21Cl2N3O2. The molecule has 7 heteroatoms. The fraction of sp³-hybridized carbons (Fsp3) is 0.368. The van der Waals surface area contributed by atoms with E-state index in [4.69, 9.17) is 27.9 Å². The van der Waals surface area contributed by atoms with E-state index < -0.39 is 0 Å². The Balaban J connectivity index is 1.52. The second kappa shape index (κ2) is 9.10. The molecule has 1 fully saturated rings. The van der Waals surface area contributed by atoms with Gasteiger partial charge in [0.05, 0.1) is 16.9 Å². The van der Waals surface area contributed by atoms with Crippen LogP contribution in [0.3, 0.4) is 0 Å². The van der Waals surface area contributed by atoms with Gasteiger partial charge in [-0.25, -0.2) is 4.98 Å². The number of carbonyl (C=O) groups is 1. The van der Waals surface area contributed by atoms with Crippen molar-refractivity contribution >= 4 is 40.6 Å². The number of benzene rings is 1. The zero-order chi connectivity index (χ0) is 18.4. The van der Waals surface area contributed by atoms with E-state index in [1.807, 2.05) is 12.1 Å². The Hall–Kier alpha value is -1.98. The topological polar surface area (TPSA) is 54.5 Å². The largest absolute Gasteiger partial charge is 0.482 e. The van der Waals surface area contributed by atoms with Crippen molar-refractivity contribution in [3.63, 3.8) is 0 Å². The number of halogens is 2. The first kappa shape index (κ1) is 18.8. The molecule has 5 nitrogen and oxygen atoms in total. The molecule has 138 valence electrons. The van der Waals surface area contributed by atoms with Gasteiger partial charge in [0.2, 0.25) is 0 Å². The summed E-state index contributed by atoms with van der Waals surface area (Å²) in [5.74, 6) is 1.09. The first-order valence-electron chi connectivity index (χ1n) is 8.70. The first-order valence-corrected chi connectivity index (χ1v) is 9.46. The van der Waals surface area contributed by atoms with Gasteiger partial charge in [0.25, 0.3) is 5.91 Å². The van der Waals surface area contributed by atoms with Crippen LogP contribution in [0.2, 0.25) is 10.0 Å². The van der Waals surface area contributed by atoms with E-state index >= 15 is 0 Å². The number of hydrogen-bond donors (Lipinski definition) is 1. The minimum Gasteiger partial charge on any atom is -0.482 e. The number of anilines is 2. The van der Waals surface area contributed by atoms with E-state index in [1.165, 1.54) is 25.7 Å². The van der Waals surface area contributed by atoms with Gasteiger partial charge in [-0.2, -0.15) is 0 Å². The predicted octanol–water partition coefficient (Wildman–Crippen LogP) is 4.79. The van der Waals surface area contributed by atoms with Gasteiger partial charge in [0, 0.05) is 18.1 Å². The zero-order valence-corrected chi connectivity index (χ0v) is 15.9. The summed E-state index contributed by atoms with van der Waals surface area (Å²) in [5, 5.41) is 3.66. The lowest BCUT2D eigenvalue weighted by molar-refractivity contribution is -0.118. The van der Waals surface area contributed by atoms with E-state index in [-0.39, 0.29) is 12.5 Å². The summed E-state index contributed by atoms with van der Waals surface area (Å²) in [6, 6.07) is 8.67. The first-order chi connectivity index (χ1) is 12.6. The number of amides is 1. The molecule has 3 rings (SSSR count). The zero-order valence-electron chi connectivity index (χ0n) is 14.4. The Morgan fingerprint density at radius 1 is 1.12 bits per heavy atom. The number of nitrogens with zero attached hydrogens (tertiary/aromatic N) is 2. The van der Waals surface area contributed by atoms with Gasteiger partial charge in [-0.3, -0.25) is 4.79 Å². The highest BCUT2D eigenvalue weighted by Gasteiger charge is 2.12. The SMILES string of the molecule is O=C(COc1ccc(Cl)cc1Cl)Nc1ccc(N2CCCCCC2)nc1. The maximum Gasteiger partial charge on any atom is 0.262 e. The molecule has 1 aliphatic rings. The van der Waals surface area contributed by atoms with Crippen LogP contribution in [0.25, 0.3) is 0 Å². The average molecular weight is 394 g/mol. The summed E-state index contributed by atoms with van der Waals surface area (Å²) in [6.45, 7) is 1.93. The quantitative estimate of drug-likeness (QED) is 0.793. The molecule has 0 radical (unpaired) electrons. The lowest BCUT2D eigenvalue weighted by Crippen LogP contribution is -2.25. The molecule has 0 bridgehead atoms. The lowest BCUT2D eigenvalue weighted by atomic mass is 10.2. The van der Waals surface area contributed by atoms with E-state index in [0.29, 0.717) is 21.5 Å². The molecule has 0 unspecified atom stereocenters. The van der Waals surface area contributed by atoms with Crippen LogP contribution < -0.4 is 15.0 Å². The van der Waals surface area contributed by atoms with Crippen molar-refractivity contribution in [3.05, 3.63) is 46.6 Å². The van der Waals surface area contributed by atoms with E-state index in [1.54, 1.807) is 24.4 Å². The van der Waals surface area contributed by atoms with E-state index in [2.05, 4.69) is 15.2 Å². The predicted molar refractivity (Wildman–Crippen MR) is 106 cm³/mol. The van der Waals surface area contributed by atoms with Crippen LogP contribution in [-0.2, 0) is 4.79 Å². The highest BCUT2D eigenvalue weighted by molar-refractivity contribution is 6.35. The number of carbonyl (C=O) groups excluding carboxylic acids is 1. The molecule has 1 aromatic heterocycles. The Morgan fingerprint density at radius 2 is 1.88 bits per heavy atom. The van der Waals surface area contributed by atoms with Gasteiger partial charge >= 0.3 is 0 Å². The number of ether oxygens (including phenoxy) is 1. The molecule has 1 saturated heterocycles. The number of aromatic nitrogens is 1. The minimum atomic E-state index is -0.277. The molecule has 0 spiro atoms. The third-order valence-corrected chi connectivity index (χ3v) is 4.74. The van der Waals surface area contributed by atoms with Crippen molar-refractivity contribution in [2.75, 3.05) is 29.9 Å². The smallest absolute Gasteiger partial charge is 0.262 e. The summed E-state index contributed by atoms with van der Waals surface area (Å²) in [4.78, 5) is 18.8. The molecule has 2 heterocycles. The highest BCUT2D eigenvalue weighted by atomic mass is 35.5. The van der Waals surface area contributed by atoms with Crippen LogP contribution in [0.15, 0.2) is 36.5 Å². The van der Waals surface area contributed by atoms with E-state index in [9.17, 15) is 4.79 Å². The summed E-state index contributed by atoms with van der Waals surface area (Å²) in [7, 11) is 0. The van der Waals surface area contributed by atoms with Gasteiger partial charge in [-0.05, 0) is 43.2 Å². The van der Waals surface area contributed by atoms with Crippen LogP contribution in [0.4, 0.5) is 11.5 Å². The summed E-state index contributed by atoms with van der Waals surface area (Å²) in [5.41, 5.74) is 0.638. The Kier molecular flexibility index (Phi) is 6.58. The van der Waals surface area contributed by atoms with Crippen LogP contribution in [0.1, 0.15) is 25.7 Å². The Labute approximate surface area is 163 Å².